The Morgan fingerprint density at radius 3 is 2.84 bits per heavy atom. The molecule has 1 N–H and O–H groups in total. The highest BCUT2D eigenvalue weighted by Crippen LogP contribution is 2.21. The Balaban J connectivity index is 2.19. The van der Waals surface area contributed by atoms with Gasteiger partial charge in [-0.15, -0.1) is 0 Å². The lowest BCUT2D eigenvalue weighted by atomic mass is 9.97. The maximum atomic E-state index is 11.0. The minimum atomic E-state index is -0.902. The van der Waals surface area contributed by atoms with Gasteiger partial charge in [0.1, 0.15) is 0 Å². The molecule has 2 rings (SSSR count). The van der Waals surface area contributed by atoms with E-state index in [1.165, 1.54) is 18.1 Å². The minimum Gasteiger partial charge on any atom is -0.466 e. The first-order valence-corrected chi connectivity index (χ1v) is 5.96. The molecule has 0 aliphatic carbocycles. The SMILES string of the molecule is COC(=O)/C=C/c1ccc2c(c1)CN(C(=O)O)CC2. The normalized spacial score (nSPS) is 14.3. The number of fused-ring (bicyclic) bond motifs is 1. The zero-order valence-electron chi connectivity index (χ0n) is 10.6. The van der Waals surface area contributed by atoms with Crippen molar-refractivity contribution >= 4 is 18.1 Å². The molecule has 0 unspecified atom stereocenters. The summed E-state index contributed by atoms with van der Waals surface area (Å²) >= 11 is 0. The third kappa shape index (κ3) is 3.13. The minimum absolute atomic E-state index is 0.393. The molecule has 1 aromatic rings. The van der Waals surface area contributed by atoms with Crippen molar-refractivity contribution in [1.82, 2.24) is 4.90 Å². The quantitative estimate of drug-likeness (QED) is 0.652. The van der Waals surface area contributed by atoms with Crippen molar-refractivity contribution in [3.63, 3.8) is 0 Å². The largest absolute Gasteiger partial charge is 0.466 e. The molecule has 0 saturated carbocycles. The topological polar surface area (TPSA) is 66.8 Å². The molecule has 1 aromatic carbocycles. The van der Waals surface area contributed by atoms with Crippen LogP contribution < -0.4 is 0 Å². The summed E-state index contributed by atoms with van der Waals surface area (Å²) in [6.07, 6.45) is 2.83. The molecule has 19 heavy (non-hydrogen) atoms. The van der Waals surface area contributed by atoms with Gasteiger partial charge < -0.3 is 14.7 Å². The van der Waals surface area contributed by atoms with Crippen molar-refractivity contribution in [2.45, 2.75) is 13.0 Å². The van der Waals surface area contributed by atoms with Gasteiger partial charge in [-0.3, -0.25) is 0 Å². The third-order valence-electron chi connectivity index (χ3n) is 3.13. The van der Waals surface area contributed by atoms with E-state index in [2.05, 4.69) is 4.74 Å². The Bertz CT molecular complexity index is 536. The van der Waals surface area contributed by atoms with Crippen molar-refractivity contribution in [2.24, 2.45) is 0 Å². The number of benzene rings is 1. The van der Waals surface area contributed by atoms with E-state index in [1.54, 1.807) is 6.08 Å². The number of methoxy groups -OCH3 is 1. The number of nitrogens with zero attached hydrogens (tertiary/aromatic N) is 1. The van der Waals surface area contributed by atoms with Gasteiger partial charge in [0.25, 0.3) is 0 Å². The molecule has 1 aliphatic heterocycles. The Labute approximate surface area is 111 Å². The zero-order valence-corrected chi connectivity index (χ0v) is 10.6. The molecule has 0 saturated heterocycles. The van der Waals surface area contributed by atoms with Crippen LogP contribution in [0.15, 0.2) is 24.3 Å². The molecular formula is C14H15NO4. The third-order valence-corrected chi connectivity index (χ3v) is 3.13. The van der Waals surface area contributed by atoms with Crippen LogP contribution >= 0.6 is 0 Å². The maximum Gasteiger partial charge on any atom is 0.407 e. The summed E-state index contributed by atoms with van der Waals surface area (Å²) in [6.45, 7) is 0.921. The average molecular weight is 261 g/mol. The Morgan fingerprint density at radius 1 is 1.37 bits per heavy atom. The van der Waals surface area contributed by atoms with Crippen molar-refractivity contribution in [3.05, 3.63) is 41.0 Å². The van der Waals surface area contributed by atoms with E-state index in [0.717, 1.165) is 23.1 Å². The second kappa shape index (κ2) is 5.56. The van der Waals surface area contributed by atoms with Gasteiger partial charge >= 0.3 is 12.1 Å². The number of ether oxygens (including phenoxy) is 1. The number of rotatable bonds is 2. The number of carboxylic acid groups (broad SMARTS) is 1. The predicted molar refractivity (Wildman–Crippen MR) is 69.6 cm³/mol. The van der Waals surface area contributed by atoms with Gasteiger partial charge in [0.05, 0.1) is 7.11 Å². The van der Waals surface area contributed by atoms with Crippen LogP contribution in [0.25, 0.3) is 6.08 Å². The van der Waals surface area contributed by atoms with E-state index in [1.807, 2.05) is 18.2 Å². The highest BCUT2D eigenvalue weighted by Gasteiger charge is 2.19. The first-order chi connectivity index (χ1) is 9.10. The molecule has 0 radical (unpaired) electrons. The number of carbonyl (C=O) groups excluding carboxylic acids is 1. The molecule has 100 valence electrons. The van der Waals surface area contributed by atoms with Crippen LogP contribution in [0.3, 0.4) is 0 Å². The number of carbonyl (C=O) groups is 2. The molecule has 0 fully saturated rings. The van der Waals surface area contributed by atoms with Crippen molar-refractivity contribution < 1.29 is 19.4 Å². The number of hydrogen-bond acceptors (Lipinski definition) is 3. The van der Waals surface area contributed by atoms with E-state index in [0.29, 0.717) is 13.1 Å². The highest BCUT2D eigenvalue weighted by molar-refractivity contribution is 5.86. The summed E-state index contributed by atoms with van der Waals surface area (Å²) in [5.41, 5.74) is 3.00. The molecule has 5 nitrogen and oxygen atoms in total. The second-order valence-corrected chi connectivity index (χ2v) is 4.34. The lowest BCUT2D eigenvalue weighted by Gasteiger charge is -2.26. The van der Waals surface area contributed by atoms with Gasteiger partial charge in [0.15, 0.2) is 0 Å². The Kier molecular flexibility index (Phi) is 3.85. The van der Waals surface area contributed by atoms with Crippen LogP contribution in [0, 0.1) is 0 Å². The van der Waals surface area contributed by atoms with Gasteiger partial charge in [-0.1, -0.05) is 12.1 Å². The summed E-state index contributed by atoms with van der Waals surface area (Å²) in [5.74, 6) is -0.412. The van der Waals surface area contributed by atoms with Gasteiger partial charge in [-0.05, 0) is 35.3 Å². The average Bonchev–Trinajstić information content (AvgIpc) is 2.43. The van der Waals surface area contributed by atoms with Crippen LogP contribution in [0.1, 0.15) is 16.7 Å². The first-order valence-electron chi connectivity index (χ1n) is 5.96. The van der Waals surface area contributed by atoms with Gasteiger partial charge in [0.2, 0.25) is 0 Å². The number of hydrogen-bond donors (Lipinski definition) is 1. The Hall–Kier alpha value is -2.30. The van der Waals surface area contributed by atoms with Crippen LogP contribution in [-0.4, -0.2) is 35.7 Å². The molecule has 0 bridgehead atoms. The van der Waals surface area contributed by atoms with Crippen LogP contribution in [0.4, 0.5) is 4.79 Å². The van der Waals surface area contributed by atoms with Crippen LogP contribution in [-0.2, 0) is 22.5 Å². The smallest absolute Gasteiger partial charge is 0.407 e. The van der Waals surface area contributed by atoms with Crippen LogP contribution in [0.5, 0.6) is 0 Å². The zero-order chi connectivity index (χ0) is 13.8. The number of esters is 1. The molecule has 0 atom stereocenters. The fraction of sp³-hybridized carbons (Fsp3) is 0.286. The van der Waals surface area contributed by atoms with Crippen molar-refractivity contribution in [3.8, 4) is 0 Å². The fourth-order valence-corrected chi connectivity index (χ4v) is 2.08. The lowest BCUT2D eigenvalue weighted by molar-refractivity contribution is -0.134. The first kappa shape index (κ1) is 13.1. The van der Waals surface area contributed by atoms with E-state index < -0.39 is 12.1 Å². The molecule has 0 aromatic heterocycles. The van der Waals surface area contributed by atoms with Crippen LogP contribution in [0.2, 0.25) is 0 Å². The van der Waals surface area contributed by atoms with Crippen molar-refractivity contribution in [1.29, 1.82) is 0 Å². The van der Waals surface area contributed by atoms with Gasteiger partial charge in [-0.25, -0.2) is 9.59 Å². The van der Waals surface area contributed by atoms with Crippen molar-refractivity contribution in [2.75, 3.05) is 13.7 Å². The molecule has 1 heterocycles. The van der Waals surface area contributed by atoms with Gasteiger partial charge in [0, 0.05) is 19.2 Å². The summed E-state index contributed by atoms with van der Waals surface area (Å²) in [7, 11) is 1.32. The fourth-order valence-electron chi connectivity index (χ4n) is 2.08. The second-order valence-electron chi connectivity index (χ2n) is 4.34. The molecular weight excluding hydrogens is 246 g/mol. The maximum absolute atomic E-state index is 11.0. The lowest BCUT2D eigenvalue weighted by Crippen LogP contribution is -2.34. The van der Waals surface area contributed by atoms with Gasteiger partial charge in [-0.2, -0.15) is 0 Å². The standard InChI is InChI=1S/C14H15NO4/c1-19-13(16)5-3-10-2-4-11-6-7-15(14(17)18)9-12(11)8-10/h2-5,8H,6-7,9H2,1H3,(H,17,18)/b5-3+. The summed E-state index contributed by atoms with van der Waals surface area (Å²) < 4.78 is 4.52. The highest BCUT2D eigenvalue weighted by atomic mass is 16.5. The van der Waals surface area contributed by atoms with E-state index in [4.69, 9.17) is 5.11 Å². The molecule has 0 spiro atoms. The summed E-state index contributed by atoms with van der Waals surface area (Å²) in [5, 5.41) is 8.99. The Morgan fingerprint density at radius 2 is 2.16 bits per heavy atom. The van der Waals surface area contributed by atoms with E-state index in [9.17, 15) is 9.59 Å². The summed E-state index contributed by atoms with van der Waals surface area (Å²) in [6, 6.07) is 5.80. The molecule has 1 aliphatic rings. The molecule has 5 heteroatoms. The molecule has 1 amide bonds. The van der Waals surface area contributed by atoms with E-state index in [-0.39, 0.29) is 0 Å². The predicted octanol–water partition coefficient (Wildman–Crippen LogP) is 1.91. The monoisotopic (exact) mass is 261 g/mol. The van der Waals surface area contributed by atoms with E-state index >= 15 is 0 Å². The number of amides is 1. The summed E-state index contributed by atoms with van der Waals surface area (Å²) in [4.78, 5) is 23.4.